The predicted molar refractivity (Wildman–Crippen MR) is 90.7 cm³/mol. The molecule has 2 aromatic rings. The summed E-state index contributed by atoms with van der Waals surface area (Å²) in [7, 11) is 1.29. The zero-order chi connectivity index (χ0) is 18.6. The van der Waals surface area contributed by atoms with Crippen molar-refractivity contribution in [3.8, 4) is 5.75 Å². The minimum Gasteiger partial charge on any atom is -0.481 e. The van der Waals surface area contributed by atoms with Crippen LogP contribution in [0.25, 0.3) is 0 Å². The van der Waals surface area contributed by atoms with Crippen molar-refractivity contribution in [2.24, 2.45) is 0 Å². The largest absolute Gasteiger partial charge is 0.481 e. The van der Waals surface area contributed by atoms with Crippen LogP contribution in [0.2, 0.25) is 0 Å². The van der Waals surface area contributed by atoms with E-state index in [1.807, 2.05) is 32.9 Å². The first-order chi connectivity index (χ1) is 11.8. The SMILES string of the molecule is COC(=O)c1cc(COC(=O)COc2c(C)cc(C)cc2C)oc1C. The highest BCUT2D eigenvalue weighted by Crippen LogP contribution is 2.24. The van der Waals surface area contributed by atoms with Gasteiger partial charge in [0.2, 0.25) is 0 Å². The van der Waals surface area contributed by atoms with Gasteiger partial charge >= 0.3 is 11.9 Å². The summed E-state index contributed by atoms with van der Waals surface area (Å²) in [5, 5.41) is 0. The molecule has 0 aliphatic heterocycles. The third-order valence-corrected chi connectivity index (χ3v) is 3.69. The molecular formula is C19H22O6. The van der Waals surface area contributed by atoms with Gasteiger partial charge in [-0.2, -0.15) is 0 Å². The number of esters is 2. The van der Waals surface area contributed by atoms with Crippen LogP contribution in [-0.4, -0.2) is 25.7 Å². The van der Waals surface area contributed by atoms with Gasteiger partial charge in [0.1, 0.15) is 29.4 Å². The zero-order valence-electron chi connectivity index (χ0n) is 15.1. The molecule has 1 aromatic heterocycles. The Morgan fingerprint density at radius 3 is 2.28 bits per heavy atom. The van der Waals surface area contributed by atoms with Crippen LogP contribution in [0.3, 0.4) is 0 Å². The van der Waals surface area contributed by atoms with Gasteiger partial charge in [-0.1, -0.05) is 17.7 Å². The van der Waals surface area contributed by atoms with Crippen molar-refractivity contribution in [3.05, 3.63) is 52.0 Å². The van der Waals surface area contributed by atoms with Crippen LogP contribution in [0.4, 0.5) is 0 Å². The molecule has 0 unspecified atom stereocenters. The van der Waals surface area contributed by atoms with E-state index in [1.165, 1.54) is 13.2 Å². The molecule has 0 saturated carbocycles. The molecule has 6 heteroatoms. The summed E-state index contributed by atoms with van der Waals surface area (Å²) < 4.78 is 20.7. The van der Waals surface area contributed by atoms with Crippen LogP contribution in [0.5, 0.6) is 5.75 Å². The van der Waals surface area contributed by atoms with Gasteiger partial charge in [0.15, 0.2) is 6.61 Å². The average molecular weight is 346 g/mol. The molecule has 2 rings (SSSR count). The quantitative estimate of drug-likeness (QED) is 0.746. The lowest BCUT2D eigenvalue weighted by atomic mass is 10.1. The second-order valence-corrected chi connectivity index (χ2v) is 5.85. The fraction of sp³-hybridized carbons (Fsp3) is 0.368. The van der Waals surface area contributed by atoms with Crippen molar-refractivity contribution >= 4 is 11.9 Å². The monoisotopic (exact) mass is 346 g/mol. The maximum atomic E-state index is 11.9. The van der Waals surface area contributed by atoms with Crippen molar-refractivity contribution in [1.82, 2.24) is 0 Å². The van der Waals surface area contributed by atoms with E-state index in [0.717, 1.165) is 16.7 Å². The van der Waals surface area contributed by atoms with E-state index in [1.54, 1.807) is 6.92 Å². The first-order valence-corrected chi connectivity index (χ1v) is 7.85. The molecule has 1 aromatic carbocycles. The Morgan fingerprint density at radius 2 is 1.68 bits per heavy atom. The number of furan rings is 1. The van der Waals surface area contributed by atoms with E-state index in [9.17, 15) is 9.59 Å². The molecule has 0 aliphatic carbocycles. The lowest BCUT2D eigenvalue weighted by Crippen LogP contribution is -2.15. The second-order valence-electron chi connectivity index (χ2n) is 5.85. The number of methoxy groups -OCH3 is 1. The van der Waals surface area contributed by atoms with Crippen molar-refractivity contribution < 1.29 is 28.2 Å². The van der Waals surface area contributed by atoms with Gasteiger partial charge in [-0.25, -0.2) is 9.59 Å². The molecule has 1 heterocycles. The molecule has 0 radical (unpaired) electrons. The molecule has 0 saturated heterocycles. The molecule has 0 amide bonds. The molecule has 25 heavy (non-hydrogen) atoms. The predicted octanol–water partition coefficient (Wildman–Crippen LogP) is 3.42. The van der Waals surface area contributed by atoms with Crippen LogP contribution >= 0.6 is 0 Å². The lowest BCUT2D eigenvalue weighted by molar-refractivity contribution is -0.147. The fourth-order valence-corrected chi connectivity index (χ4v) is 2.65. The first-order valence-electron chi connectivity index (χ1n) is 7.85. The summed E-state index contributed by atoms with van der Waals surface area (Å²) in [6.45, 7) is 7.23. The Kier molecular flexibility index (Phi) is 5.85. The minimum atomic E-state index is -0.520. The summed E-state index contributed by atoms with van der Waals surface area (Å²) in [6, 6.07) is 5.49. The minimum absolute atomic E-state index is 0.0775. The summed E-state index contributed by atoms with van der Waals surface area (Å²) in [5.41, 5.74) is 3.39. The number of ether oxygens (including phenoxy) is 3. The number of benzene rings is 1. The third-order valence-electron chi connectivity index (χ3n) is 3.69. The topological polar surface area (TPSA) is 75.0 Å². The normalized spacial score (nSPS) is 10.4. The molecule has 6 nitrogen and oxygen atoms in total. The molecule has 0 aliphatic rings. The van der Waals surface area contributed by atoms with Gasteiger partial charge in [0, 0.05) is 0 Å². The summed E-state index contributed by atoms with van der Waals surface area (Å²) in [5.74, 6) is 0.457. The molecular weight excluding hydrogens is 324 g/mol. The highest BCUT2D eigenvalue weighted by Gasteiger charge is 2.16. The number of hydrogen-bond acceptors (Lipinski definition) is 6. The van der Waals surface area contributed by atoms with E-state index >= 15 is 0 Å². The number of carbonyl (C=O) groups is 2. The Labute approximate surface area is 146 Å². The Morgan fingerprint density at radius 1 is 1.04 bits per heavy atom. The fourth-order valence-electron chi connectivity index (χ4n) is 2.65. The highest BCUT2D eigenvalue weighted by molar-refractivity contribution is 5.90. The van der Waals surface area contributed by atoms with E-state index in [0.29, 0.717) is 22.8 Å². The number of aryl methyl sites for hydroxylation is 4. The van der Waals surface area contributed by atoms with Crippen LogP contribution in [0.15, 0.2) is 22.6 Å². The first kappa shape index (κ1) is 18.6. The number of carbonyl (C=O) groups excluding carboxylic acids is 2. The van der Waals surface area contributed by atoms with Crippen LogP contribution in [-0.2, 0) is 20.9 Å². The molecule has 134 valence electrons. The Hall–Kier alpha value is -2.76. The van der Waals surface area contributed by atoms with Crippen molar-refractivity contribution in [2.45, 2.75) is 34.3 Å². The van der Waals surface area contributed by atoms with Crippen molar-refractivity contribution in [3.63, 3.8) is 0 Å². The average Bonchev–Trinajstić information content (AvgIpc) is 2.92. The van der Waals surface area contributed by atoms with Crippen LogP contribution in [0, 0.1) is 27.7 Å². The van der Waals surface area contributed by atoms with Crippen LogP contribution in [0.1, 0.15) is 38.6 Å². The van der Waals surface area contributed by atoms with Crippen molar-refractivity contribution in [1.29, 1.82) is 0 Å². The van der Waals surface area contributed by atoms with E-state index in [2.05, 4.69) is 4.74 Å². The van der Waals surface area contributed by atoms with Gasteiger partial charge in [0.05, 0.1) is 7.11 Å². The van der Waals surface area contributed by atoms with Crippen LogP contribution < -0.4 is 4.74 Å². The summed E-state index contributed by atoms with van der Waals surface area (Å²) in [4.78, 5) is 23.4. The highest BCUT2D eigenvalue weighted by atomic mass is 16.6. The summed E-state index contributed by atoms with van der Waals surface area (Å²) >= 11 is 0. The Balaban J connectivity index is 1.91. The maximum absolute atomic E-state index is 11.9. The zero-order valence-corrected chi connectivity index (χ0v) is 15.1. The standard InChI is InChI=1S/C19H22O6/c1-11-6-12(2)18(13(3)7-11)24-10-17(20)23-9-15-8-16(14(4)25-15)19(21)22-5/h6-8H,9-10H2,1-5H3. The van der Waals surface area contributed by atoms with Crippen molar-refractivity contribution in [2.75, 3.05) is 13.7 Å². The van der Waals surface area contributed by atoms with Gasteiger partial charge in [-0.05, 0) is 44.9 Å². The van der Waals surface area contributed by atoms with E-state index in [-0.39, 0.29) is 13.2 Å². The van der Waals surface area contributed by atoms with Gasteiger partial charge in [-0.3, -0.25) is 0 Å². The molecule has 0 spiro atoms. The number of hydrogen-bond donors (Lipinski definition) is 0. The van der Waals surface area contributed by atoms with E-state index < -0.39 is 11.9 Å². The summed E-state index contributed by atoms with van der Waals surface area (Å²) in [6.07, 6.45) is 0. The molecule has 0 atom stereocenters. The van der Waals surface area contributed by atoms with Gasteiger partial charge < -0.3 is 18.6 Å². The van der Waals surface area contributed by atoms with Gasteiger partial charge in [-0.15, -0.1) is 0 Å². The maximum Gasteiger partial charge on any atom is 0.344 e. The van der Waals surface area contributed by atoms with Gasteiger partial charge in [0.25, 0.3) is 0 Å². The molecule has 0 fully saturated rings. The third kappa shape index (κ3) is 4.62. The second kappa shape index (κ2) is 7.88. The molecule has 0 N–H and O–H groups in total. The Bertz CT molecular complexity index is 764. The smallest absolute Gasteiger partial charge is 0.344 e. The lowest BCUT2D eigenvalue weighted by Gasteiger charge is -2.12. The number of rotatable bonds is 6. The van der Waals surface area contributed by atoms with E-state index in [4.69, 9.17) is 13.9 Å². The molecule has 0 bridgehead atoms.